The van der Waals surface area contributed by atoms with E-state index < -0.39 is 5.97 Å². The monoisotopic (exact) mass is 201 g/mol. The third-order valence-electron chi connectivity index (χ3n) is 2.04. The summed E-state index contributed by atoms with van der Waals surface area (Å²) < 4.78 is 0. The summed E-state index contributed by atoms with van der Waals surface area (Å²) in [6.45, 7) is 3.80. The molecule has 76 valence electrons. The number of aliphatic carboxylic acids is 1. The number of allylic oxidation sites excluding steroid dienone is 1. The number of hydrogen-bond donors (Lipinski definition) is 1. The topological polar surface area (TPSA) is 61.1 Å². The van der Waals surface area contributed by atoms with Crippen molar-refractivity contribution in [1.29, 1.82) is 5.26 Å². The van der Waals surface area contributed by atoms with Crippen LogP contribution in [0.3, 0.4) is 0 Å². The lowest BCUT2D eigenvalue weighted by atomic mass is 10.0. The number of benzene rings is 1. The highest BCUT2D eigenvalue weighted by Crippen LogP contribution is 2.18. The molecule has 0 bridgehead atoms. The summed E-state index contributed by atoms with van der Waals surface area (Å²) in [6, 6.07) is 9.03. The Morgan fingerprint density at radius 3 is 2.80 bits per heavy atom. The molecular weight excluding hydrogens is 190 g/mol. The molecule has 1 N–H and O–H groups in total. The molecule has 1 aromatic rings. The minimum Gasteiger partial charge on any atom is -0.481 e. The summed E-state index contributed by atoms with van der Waals surface area (Å²) in [5.74, 6) is -0.840. The van der Waals surface area contributed by atoms with Crippen LogP contribution in [0.5, 0.6) is 0 Å². The third-order valence-corrected chi connectivity index (χ3v) is 2.04. The lowest BCUT2D eigenvalue weighted by Gasteiger charge is -2.03. The number of nitriles is 1. The van der Waals surface area contributed by atoms with Crippen molar-refractivity contribution in [2.45, 2.75) is 12.8 Å². The van der Waals surface area contributed by atoms with Crippen molar-refractivity contribution in [3.63, 3.8) is 0 Å². The Labute approximate surface area is 88.3 Å². The Balaban J connectivity index is 2.74. The van der Waals surface area contributed by atoms with Gasteiger partial charge in [-0.15, -0.1) is 0 Å². The van der Waals surface area contributed by atoms with Gasteiger partial charge in [-0.2, -0.15) is 5.26 Å². The lowest BCUT2D eigenvalue weighted by Crippen LogP contribution is -1.95. The van der Waals surface area contributed by atoms with E-state index in [-0.39, 0.29) is 6.42 Å². The van der Waals surface area contributed by atoms with Gasteiger partial charge in [-0.25, -0.2) is 0 Å². The van der Waals surface area contributed by atoms with Gasteiger partial charge in [0.2, 0.25) is 0 Å². The maximum atomic E-state index is 10.4. The van der Waals surface area contributed by atoms with E-state index in [1.165, 1.54) is 0 Å². The van der Waals surface area contributed by atoms with Crippen molar-refractivity contribution >= 4 is 11.5 Å². The molecule has 0 fully saturated rings. The van der Waals surface area contributed by atoms with Crippen LogP contribution in [0.25, 0.3) is 5.57 Å². The first-order chi connectivity index (χ1) is 7.13. The van der Waals surface area contributed by atoms with E-state index in [4.69, 9.17) is 10.4 Å². The standard InChI is InChI=1S/C12H11NO2/c1-9(5-6-12(14)15)11-4-2-3-10(7-11)8-13/h2-4,7H,1,5-6H2,(H,14,15). The normalized spacial score (nSPS) is 9.27. The molecule has 0 saturated carbocycles. The Morgan fingerprint density at radius 1 is 1.47 bits per heavy atom. The second-order valence-corrected chi connectivity index (χ2v) is 3.19. The van der Waals surface area contributed by atoms with E-state index in [2.05, 4.69) is 6.58 Å². The number of rotatable bonds is 4. The molecule has 0 saturated heterocycles. The number of hydrogen-bond acceptors (Lipinski definition) is 2. The number of carbonyl (C=O) groups is 1. The Hall–Kier alpha value is -2.08. The first kappa shape index (κ1) is 11.0. The first-order valence-electron chi connectivity index (χ1n) is 4.53. The fourth-order valence-corrected chi connectivity index (χ4v) is 1.21. The zero-order valence-corrected chi connectivity index (χ0v) is 8.23. The van der Waals surface area contributed by atoms with Crippen molar-refractivity contribution < 1.29 is 9.90 Å². The number of carboxylic acid groups (broad SMARTS) is 1. The Morgan fingerprint density at radius 2 is 2.20 bits per heavy atom. The first-order valence-corrected chi connectivity index (χ1v) is 4.53. The Kier molecular flexibility index (Phi) is 3.64. The molecule has 1 rings (SSSR count). The summed E-state index contributed by atoms with van der Waals surface area (Å²) >= 11 is 0. The molecule has 0 heterocycles. The van der Waals surface area contributed by atoms with Gasteiger partial charge >= 0.3 is 5.97 Å². The highest BCUT2D eigenvalue weighted by Gasteiger charge is 2.03. The minimum absolute atomic E-state index is 0.0651. The van der Waals surface area contributed by atoms with E-state index in [0.29, 0.717) is 12.0 Å². The average Bonchev–Trinajstić information content (AvgIpc) is 2.26. The predicted molar refractivity (Wildman–Crippen MR) is 57.1 cm³/mol. The predicted octanol–water partition coefficient (Wildman–Crippen LogP) is 2.44. The molecule has 0 spiro atoms. The zero-order valence-electron chi connectivity index (χ0n) is 8.23. The molecule has 0 amide bonds. The smallest absolute Gasteiger partial charge is 0.303 e. The highest BCUT2D eigenvalue weighted by molar-refractivity contribution is 5.72. The zero-order chi connectivity index (χ0) is 11.3. The fraction of sp³-hybridized carbons (Fsp3) is 0.167. The summed E-state index contributed by atoms with van der Waals surface area (Å²) in [5.41, 5.74) is 2.13. The van der Waals surface area contributed by atoms with Crippen molar-refractivity contribution in [3.05, 3.63) is 42.0 Å². The van der Waals surface area contributed by atoms with Gasteiger partial charge in [0.05, 0.1) is 11.6 Å². The molecule has 0 aliphatic heterocycles. The van der Waals surface area contributed by atoms with Crippen molar-refractivity contribution in [3.8, 4) is 6.07 Å². The van der Waals surface area contributed by atoms with E-state index in [1.807, 2.05) is 12.1 Å². The summed E-state index contributed by atoms with van der Waals surface area (Å²) in [5, 5.41) is 17.2. The molecular formula is C12H11NO2. The van der Waals surface area contributed by atoms with Crippen LogP contribution in [-0.4, -0.2) is 11.1 Å². The SMILES string of the molecule is C=C(CCC(=O)O)c1cccc(C#N)c1. The van der Waals surface area contributed by atoms with Gasteiger partial charge in [-0.05, 0) is 29.7 Å². The summed E-state index contributed by atoms with van der Waals surface area (Å²) in [7, 11) is 0. The van der Waals surface area contributed by atoms with Gasteiger partial charge in [0.15, 0.2) is 0 Å². The van der Waals surface area contributed by atoms with Gasteiger partial charge < -0.3 is 5.11 Å². The van der Waals surface area contributed by atoms with Crippen LogP contribution >= 0.6 is 0 Å². The summed E-state index contributed by atoms with van der Waals surface area (Å²) in [4.78, 5) is 10.4. The fourth-order valence-electron chi connectivity index (χ4n) is 1.21. The molecule has 0 aliphatic rings. The molecule has 3 nitrogen and oxygen atoms in total. The van der Waals surface area contributed by atoms with Crippen LogP contribution in [0.2, 0.25) is 0 Å². The van der Waals surface area contributed by atoms with E-state index >= 15 is 0 Å². The minimum atomic E-state index is -0.840. The van der Waals surface area contributed by atoms with Crippen LogP contribution in [-0.2, 0) is 4.79 Å². The van der Waals surface area contributed by atoms with Crippen LogP contribution in [0.15, 0.2) is 30.8 Å². The molecule has 0 atom stereocenters. The van der Waals surface area contributed by atoms with Crippen LogP contribution in [0.1, 0.15) is 24.0 Å². The van der Waals surface area contributed by atoms with Crippen LogP contribution in [0, 0.1) is 11.3 Å². The quantitative estimate of drug-likeness (QED) is 0.813. The van der Waals surface area contributed by atoms with E-state index in [0.717, 1.165) is 11.1 Å². The molecule has 15 heavy (non-hydrogen) atoms. The highest BCUT2D eigenvalue weighted by atomic mass is 16.4. The van der Waals surface area contributed by atoms with Gasteiger partial charge in [-0.1, -0.05) is 18.7 Å². The van der Waals surface area contributed by atoms with Gasteiger partial charge in [0.1, 0.15) is 0 Å². The van der Waals surface area contributed by atoms with Gasteiger partial charge in [0, 0.05) is 6.42 Å². The van der Waals surface area contributed by atoms with Crippen LogP contribution in [0.4, 0.5) is 0 Å². The van der Waals surface area contributed by atoms with Gasteiger partial charge in [-0.3, -0.25) is 4.79 Å². The number of carboxylic acids is 1. The molecule has 0 aromatic heterocycles. The largest absolute Gasteiger partial charge is 0.481 e. The summed E-state index contributed by atoms with van der Waals surface area (Å²) in [6.07, 6.45) is 0.472. The molecule has 0 unspecified atom stereocenters. The maximum absolute atomic E-state index is 10.4. The van der Waals surface area contributed by atoms with Gasteiger partial charge in [0.25, 0.3) is 0 Å². The molecule has 0 radical (unpaired) electrons. The number of nitrogens with zero attached hydrogens (tertiary/aromatic N) is 1. The van der Waals surface area contributed by atoms with Crippen LogP contribution < -0.4 is 0 Å². The second kappa shape index (κ2) is 4.97. The van der Waals surface area contributed by atoms with E-state index in [9.17, 15) is 4.79 Å². The average molecular weight is 201 g/mol. The molecule has 0 aliphatic carbocycles. The van der Waals surface area contributed by atoms with Crippen molar-refractivity contribution in [2.24, 2.45) is 0 Å². The van der Waals surface area contributed by atoms with E-state index in [1.54, 1.807) is 18.2 Å². The Bertz CT molecular complexity index is 429. The van der Waals surface area contributed by atoms with Crippen molar-refractivity contribution in [1.82, 2.24) is 0 Å². The van der Waals surface area contributed by atoms with Crippen molar-refractivity contribution in [2.75, 3.05) is 0 Å². The lowest BCUT2D eigenvalue weighted by molar-refractivity contribution is -0.136. The maximum Gasteiger partial charge on any atom is 0.303 e. The second-order valence-electron chi connectivity index (χ2n) is 3.19. The molecule has 3 heteroatoms. The molecule has 1 aromatic carbocycles. The third kappa shape index (κ3) is 3.28.